The monoisotopic (exact) mass is 444 g/mol. The zero-order chi connectivity index (χ0) is 23.5. The van der Waals surface area contributed by atoms with E-state index in [9.17, 15) is 4.79 Å². The van der Waals surface area contributed by atoms with Crippen molar-refractivity contribution in [2.45, 2.75) is 59.5 Å². The lowest BCUT2D eigenvalue weighted by Crippen LogP contribution is -2.13. The number of nitrogens with one attached hydrogen (secondary N) is 2. The van der Waals surface area contributed by atoms with Gasteiger partial charge < -0.3 is 15.4 Å². The molecule has 3 rings (SSSR count). The van der Waals surface area contributed by atoms with E-state index in [-0.39, 0.29) is 5.91 Å². The van der Waals surface area contributed by atoms with Gasteiger partial charge in [-0.25, -0.2) is 0 Å². The van der Waals surface area contributed by atoms with Gasteiger partial charge in [0.1, 0.15) is 12.4 Å². The predicted octanol–water partition coefficient (Wildman–Crippen LogP) is 7.86. The molecule has 0 radical (unpaired) electrons. The number of hydrogen-bond acceptors (Lipinski definition) is 3. The lowest BCUT2D eigenvalue weighted by Gasteiger charge is -2.15. The molecule has 0 heterocycles. The fraction of sp³-hybridized carbons (Fsp3) is 0.345. The number of carbonyl (C=O) groups excluding carboxylic acids is 1. The van der Waals surface area contributed by atoms with Gasteiger partial charge in [0.15, 0.2) is 0 Å². The van der Waals surface area contributed by atoms with Gasteiger partial charge in [0.25, 0.3) is 0 Å². The minimum absolute atomic E-state index is 0.0813. The maximum Gasteiger partial charge on any atom is 0.224 e. The van der Waals surface area contributed by atoms with Crippen LogP contribution < -0.4 is 15.4 Å². The van der Waals surface area contributed by atoms with Crippen molar-refractivity contribution in [3.8, 4) is 5.75 Å². The lowest BCUT2D eigenvalue weighted by molar-refractivity contribution is -0.116. The largest absolute Gasteiger partial charge is 0.489 e. The molecule has 0 bridgehead atoms. The molecule has 0 saturated heterocycles. The minimum Gasteiger partial charge on any atom is -0.489 e. The Morgan fingerprint density at radius 1 is 0.909 bits per heavy atom. The Morgan fingerprint density at radius 2 is 1.70 bits per heavy atom. The lowest BCUT2D eigenvalue weighted by atomic mass is 9.95. The number of amides is 1. The highest BCUT2D eigenvalue weighted by molar-refractivity contribution is 5.91. The molecule has 0 aromatic heterocycles. The van der Waals surface area contributed by atoms with Crippen LogP contribution >= 0.6 is 0 Å². The van der Waals surface area contributed by atoms with Crippen LogP contribution in [0.25, 0.3) is 0 Å². The Balaban J connectivity index is 1.55. The molecular weight excluding hydrogens is 408 g/mol. The number of hydrogen-bond donors (Lipinski definition) is 2. The van der Waals surface area contributed by atoms with E-state index in [1.807, 2.05) is 60.7 Å². The molecule has 1 unspecified atom stereocenters. The normalized spacial score (nSPS) is 11.6. The van der Waals surface area contributed by atoms with E-state index in [0.717, 1.165) is 46.8 Å². The topological polar surface area (TPSA) is 50.4 Å². The number of benzene rings is 3. The summed E-state index contributed by atoms with van der Waals surface area (Å²) in [5.74, 6) is 1.56. The summed E-state index contributed by atoms with van der Waals surface area (Å²) in [7, 11) is 0. The molecule has 3 aromatic rings. The number of aryl methyl sites for hydroxylation is 1. The van der Waals surface area contributed by atoms with Crippen LogP contribution in [0.4, 0.5) is 17.1 Å². The molecule has 1 atom stereocenters. The summed E-state index contributed by atoms with van der Waals surface area (Å²) in [5.41, 5.74) is 5.00. The third-order valence-corrected chi connectivity index (χ3v) is 5.93. The second-order valence-corrected chi connectivity index (χ2v) is 8.61. The van der Waals surface area contributed by atoms with E-state index in [4.69, 9.17) is 4.74 Å². The molecule has 4 heteroatoms. The molecular formula is C29H36N2O2. The molecule has 33 heavy (non-hydrogen) atoms. The van der Waals surface area contributed by atoms with Gasteiger partial charge in [-0.05, 0) is 66.8 Å². The first-order chi connectivity index (χ1) is 16.1. The fourth-order valence-corrected chi connectivity index (χ4v) is 3.96. The summed E-state index contributed by atoms with van der Waals surface area (Å²) in [6.45, 7) is 7.02. The van der Waals surface area contributed by atoms with Crippen molar-refractivity contribution in [3.05, 3.63) is 83.9 Å². The standard InChI is InChI=1S/C29H36N2O2/c1-4-10-23(5-2)15-18-29(32)31-26-14-9-13-25(20-26)30-28-17-16-27(19-22(28)3)33-21-24-11-7-6-8-12-24/h6-9,11-14,16-17,19-20,23,30H,4-5,10,15,18,21H2,1-3H3,(H,31,32). The molecule has 0 saturated carbocycles. The maximum absolute atomic E-state index is 12.4. The van der Waals surface area contributed by atoms with E-state index >= 15 is 0 Å². The number of carbonyl (C=O) groups is 1. The van der Waals surface area contributed by atoms with Gasteiger partial charge in [0.2, 0.25) is 5.91 Å². The van der Waals surface area contributed by atoms with E-state index in [0.29, 0.717) is 18.9 Å². The van der Waals surface area contributed by atoms with Crippen molar-refractivity contribution >= 4 is 23.0 Å². The molecule has 0 aliphatic carbocycles. The highest BCUT2D eigenvalue weighted by Crippen LogP contribution is 2.27. The average Bonchev–Trinajstić information content (AvgIpc) is 2.83. The minimum atomic E-state index is 0.0813. The number of rotatable bonds is 12. The molecule has 3 aromatic carbocycles. The second kappa shape index (κ2) is 12.7. The van der Waals surface area contributed by atoms with E-state index < -0.39 is 0 Å². The molecule has 0 spiro atoms. The number of ether oxygens (including phenoxy) is 1. The fourth-order valence-electron chi connectivity index (χ4n) is 3.96. The Morgan fingerprint density at radius 3 is 2.42 bits per heavy atom. The highest BCUT2D eigenvalue weighted by Gasteiger charge is 2.10. The summed E-state index contributed by atoms with van der Waals surface area (Å²) in [4.78, 5) is 12.4. The predicted molar refractivity (Wildman–Crippen MR) is 138 cm³/mol. The van der Waals surface area contributed by atoms with Crippen LogP contribution in [0.2, 0.25) is 0 Å². The Bertz CT molecular complexity index is 1020. The van der Waals surface area contributed by atoms with Crippen LogP contribution in [0.5, 0.6) is 5.75 Å². The van der Waals surface area contributed by atoms with Gasteiger partial charge in [-0.3, -0.25) is 4.79 Å². The first-order valence-corrected chi connectivity index (χ1v) is 12.0. The molecule has 2 N–H and O–H groups in total. The smallest absolute Gasteiger partial charge is 0.224 e. The maximum atomic E-state index is 12.4. The van der Waals surface area contributed by atoms with Gasteiger partial charge in [0.05, 0.1) is 0 Å². The van der Waals surface area contributed by atoms with Gasteiger partial charge in [0, 0.05) is 23.5 Å². The molecule has 0 fully saturated rings. The highest BCUT2D eigenvalue weighted by atomic mass is 16.5. The van der Waals surface area contributed by atoms with Crippen molar-refractivity contribution in [3.63, 3.8) is 0 Å². The van der Waals surface area contributed by atoms with E-state index in [2.05, 4.69) is 43.5 Å². The summed E-state index contributed by atoms with van der Waals surface area (Å²) in [6, 6.07) is 24.1. The quantitative estimate of drug-likeness (QED) is 0.299. The van der Waals surface area contributed by atoms with Crippen LogP contribution in [0.15, 0.2) is 72.8 Å². The Hall–Kier alpha value is -3.27. The van der Waals surface area contributed by atoms with Crippen LogP contribution in [0, 0.1) is 12.8 Å². The zero-order valence-electron chi connectivity index (χ0n) is 20.1. The summed E-state index contributed by atoms with van der Waals surface area (Å²) in [5, 5.41) is 6.50. The van der Waals surface area contributed by atoms with Crippen molar-refractivity contribution in [1.82, 2.24) is 0 Å². The molecule has 1 amide bonds. The van der Waals surface area contributed by atoms with Crippen molar-refractivity contribution < 1.29 is 9.53 Å². The Labute approximate surface area is 198 Å². The summed E-state index contributed by atoms with van der Waals surface area (Å²) < 4.78 is 5.93. The van der Waals surface area contributed by atoms with Crippen LogP contribution in [-0.4, -0.2) is 5.91 Å². The summed E-state index contributed by atoms with van der Waals surface area (Å²) >= 11 is 0. The van der Waals surface area contributed by atoms with Gasteiger partial charge in [-0.1, -0.05) is 69.5 Å². The first kappa shape index (κ1) is 24.4. The zero-order valence-corrected chi connectivity index (χ0v) is 20.1. The molecule has 174 valence electrons. The average molecular weight is 445 g/mol. The van der Waals surface area contributed by atoms with Crippen LogP contribution in [0.3, 0.4) is 0 Å². The molecule has 0 aliphatic rings. The van der Waals surface area contributed by atoms with E-state index in [1.165, 1.54) is 12.8 Å². The van der Waals surface area contributed by atoms with E-state index in [1.54, 1.807) is 0 Å². The third kappa shape index (κ3) is 7.98. The first-order valence-electron chi connectivity index (χ1n) is 12.0. The van der Waals surface area contributed by atoms with Crippen molar-refractivity contribution in [1.29, 1.82) is 0 Å². The Kier molecular flexibility index (Phi) is 9.37. The van der Waals surface area contributed by atoms with Gasteiger partial charge >= 0.3 is 0 Å². The summed E-state index contributed by atoms with van der Waals surface area (Å²) in [6.07, 6.45) is 5.02. The van der Waals surface area contributed by atoms with Gasteiger partial charge in [-0.15, -0.1) is 0 Å². The van der Waals surface area contributed by atoms with Crippen LogP contribution in [0.1, 0.15) is 57.1 Å². The second-order valence-electron chi connectivity index (χ2n) is 8.61. The number of anilines is 3. The molecule has 4 nitrogen and oxygen atoms in total. The van der Waals surface area contributed by atoms with Crippen molar-refractivity contribution in [2.75, 3.05) is 10.6 Å². The SMILES string of the molecule is CCCC(CC)CCC(=O)Nc1cccc(Nc2ccc(OCc3ccccc3)cc2C)c1. The molecule has 0 aliphatic heterocycles. The van der Waals surface area contributed by atoms with Crippen molar-refractivity contribution in [2.24, 2.45) is 5.92 Å². The van der Waals surface area contributed by atoms with Gasteiger partial charge in [-0.2, -0.15) is 0 Å². The van der Waals surface area contributed by atoms with Crippen LogP contribution in [-0.2, 0) is 11.4 Å². The third-order valence-electron chi connectivity index (χ3n) is 5.93.